The highest BCUT2D eigenvalue weighted by atomic mass is 79.9. The van der Waals surface area contributed by atoms with Crippen LogP contribution in [0.2, 0.25) is 0 Å². The maximum Gasteiger partial charge on any atom is 0.265 e. The molecular weight excluding hydrogens is 279 g/mol. The summed E-state index contributed by atoms with van der Waals surface area (Å²) in [5, 5.41) is 8.84. The first kappa shape index (κ1) is 11.8. The minimum absolute atomic E-state index is 0.0794. The summed E-state index contributed by atoms with van der Waals surface area (Å²) in [6, 6.07) is 1.21. The van der Waals surface area contributed by atoms with Crippen LogP contribution in [0, 0.1) is 0 Å². The van der Waals surface area contributed by atoms with Crippen LogP contribution in [0.1, 0.15) is 23.2 Å². The molecule has 6 heteroatoms. The minimum Gasteiger partial charge on any atom is -0.392 e. The fourth-order valence-electron chi connectivity index (χ4n) is 0.992. The molecule has 1 rings (SSSR count). The highest BCUT2D eigenvalue weighted by Crippen LogP contribution is 2.27. The van der Waals surface area contributed by atoms with Crippen LogP contribution >= 0.6 is 27.5 Å². The Morgan fingerprint density at radius 1 is 1.57 bits per heavy atom. The second-order valence-corrected chi connectivity index (χ2v) is 3.59. The second kappa shape index (κ2) is 5.00. The number of rotatable bonds is 3. The predicted molar refractivity (Wildman–Crippen MR) is 52.4 cm³/mol. The van der Waals surface area contributed by atoms with Crippen molar-refractivity contribution in [3.05, 3.63) is 27.5 Å². The SMILES string of the molecule is OCc1cc(C(F)F)c(CCl)nc1Br. The van der Waals surface area contributed by atoms with Gasteiger partial charge in [0.2, 0.25) is 0 Å². The molecule has 0 aromatic carbocycles. The summed E-state index contributed by atoms with van der Waals surface area (Å²) in [6.45, 7) is -0.337. The van der Waals surface area contributed by atoms with Crippen molar-refractivity contribution in [1.82, 2.24) is 4.98 Å². The van der Waals surface area contributed by atoms with Crippen LogP contribution in [0.25, 0.3) is 0 Å². The van der Waals surface area contributed by atoms with Crippen molar-refractivity contribution >= 4 is 27.5 Å². The van der Waals surface area contributed by atoms with Gasteiger partial charge in [-0.25, -0.2) is 13.8 Å². The summed E-state index contributed by atoms with van der Waals surface area (Å²) in [4.78, 5) is 3.83. The molecule has 0 aliphatic carbocycles. The molecule has 1 heterocycles. The number of aliphatic hydroxyl groups is 1. The van der Waals surface area contributed by atoms with E-state index < -0.39 is 6.43 Å². The highest BCUT2D eigenvalue weighted by Gasteiger charge is 2.16. The molecule has 1 aromatic rings. The van der Waals surface area contributed by atoms with Crippen molar-refractivity contribution < 1.29 is 13.9 Å². The molecule has 0 amide bonds. The number of pyridine rings is 1. The molecule has 1 aromatic heterocycles. The summed E-state index contributed by atoms with van der Waals surface area (Å²) < 4.78 is 25.3. The largest absolute Gasteiger partial charge is 0.392 e. The molecular formula is C8H7BrClF2NO. The Hall–Kier alpha value is -0.260. The Kier molecular flexibility index (Phi) is 4.22. The topological polar surface area (TPSA) is 33.1 Å². The van der Waals surface area contributed by atoms with E-state index in [9.17, 15) is 8.78 Å². The van der Waals surface area contributed by atoms with Crippen LogP contribution in [0.4, 0.5) is 8.78 Å². The van der Waals surface area contributed by atoms with E-state index in [0.29, 0.717) is 10.2 Å². The fourth-order valence-corrected chi connectivity index (χ4v) is 1.66. The first-order chi connectivity index (χ1) is 6.60. The molecule has 0 radical (unpaired) electrons. The number of nitrogens with zero attached hydrogens (tertiary/aromatic N) is 1. The predicted octanol–water partition coefficient (Wildman–Crippen LogP) is 3.01. The van der Waals surface area contributed by atoms with Crippen LogP contribution < -0.4 is 0 Å². The Morgan fingerprint density at radius 2 is 2.21 bits per heavy atom. The lowest BCUT2D eigenvalue weighted by atomic mass is 10.1. The summed E-state index contributed by atoms with van der Waals surface area (Å²) in [6.07, 6.45) is -2.63. The van der Waals surface area contributed by atoms with E-state index in [1.165, 1.54) is 6.07 Å². The Labute approximate surface area is 93.0 Å². The second-order valence-electron chi connectivity index (χ2n) is 2.57. The van der Waals surface area contributed by atoms with Crippen LogP contribution in [0.3, 0.4) is 0 Å². The lowest BCUT2D eigenvalue weighted by Gasteiger charge is -2.08. The van der Waals surface area contributed by atoms with E-state index in [0.717, 1.165) is 0 Å². The molecule has 0 aliphatic heterocycles. The molecule has 0 bridgehead atoms. The molecule has 1 N–H and O–H groups in total. The third-order valence-electron chi connectivity index (χ3n) is 1.69. The third-order valence-corrected chi connectivity index (χ3v) is 2.63. The van der Waals surface area contributed by atoms with Crippen molar-refractivity contribution in [2.24, 2.45) is 0 Å². The van der Waals surface area contributed by atoms with Crippen LogP contribution in [0.5, 0.6) is 0 Å². The molecule has 78 valence electrons. The molecule has 0 aliphatic rings. The molecule has 0 unspecified atom stereocenters. The van der Waals surface area contributed by atoms with Gasteiger partial charge in [-0.15, -0.1) is 11.6 Å². The van der Waals surface area contributed by atoms with E-state index in [-0.39, 0.29) is 23.7 Å². The Morgan fingerprint density at radius 3 is 2.64 bits per heavy atom. The van der Waals surface area contributed by atoms with Gasteiger partial charge in [-0.1, -0.05) is 0 Å². The standard InChI is InChI=1S/C8H7BrClF2NO/c9-7-4(3-14)1-5(8(11)12)6(2-10)13-7/h1,8,14H,2-3H2. The number of hydrogen-bond donors (Lipinski definition) is 1. The smallest absolute Gasteiger partial charge is 0.265 e. The van der Waals surface area contributed by atoms with Crippen molar-refractivity contribution in [1.29, 1.82) is 0 Å². The van der Waals surface area contributed by atoms with Gasteiger partial charge in [0.15, 0.2) is 0 Å². The number of halogens is 4. The molecule has 0 saturated carbocycles. The first-order valence-corrected chi connectivity index (χ1v) is 5.06. The van der Waals surface area contributed by atoms with Crippen LogP contribution in [0.15, 0.2) is 10.7 Å². The Bertz CT molecular complexity index is 335. The molecule has 0 spiro atoms. The fraction of sp³-hybridized carbons (Fsp3) is 0.375. The third kappa shape index (κ3) is 2.40. The van der Waals surface area contributed by atoms with Crippen LogP contribution in [-0.4, -0.2) is 10.1 Å². The average molecular weight is 287 g/mol. The van der Waals surface area contributed by atoms with E-state index in [1.54, 1.807) is 0 Å². The molecule has 14 heavy (non-hydrogen) atoms. The molecule has 0 fully saturated rings. The lowest BCUT2D eigenvalue weighted by Crippen LogP contribution is -2.00. The zero-order valence-corrected chi connectivity index (χ0v) is 9.32. The summed E-state index contributed by atoms with van der Waals surface area (Å²) >= 11 is 8.52. The number of aliphatic hydroxyl groups excluding tert-OH is 1. The zero-order chi connectivity index (χ0) is 10.7. The molecule has 2 nitrogen and oxygen atoms in total. The quantitative estimate of drug-likeness (QED) is 0.684. The van der Waals surface area contributed by atoms with Gasteiger partial charge < -0.3 is 5.11 Å². The minimum atomic E-state index is -2.63. The molecule has 0 atom stereocenters. The lowest BCUT2D eigenvalue weighted by molar-refractivity contribution is 0.149. The van der Waals surface area contributed by atoms with Crippen molar-refractivity contribution in [3.63, 3.8) is 0 Å². The number of hydrogen-bond acceptors (Lipinski definition) is 2. The van der Waals surface area contributed by atoms with Crippen molar-refractivity contribution in [2.45, 2.75) is 18.9 Å². The Balaban J connectivity index is 3.25. The summed E-state index contributed by atoms with van der Waals surface area (Å²) in [7, 11) is 0. The summed E-state index contributed by atoms with van der Waals surface area (Å²) in [5.41, 5.74) is 0.229. The van der Waals surface area contributed by atoms with E-state index in [1.807, 2.05) is 0 Å². The van der Waals surface area contributed by atoms with Gasteiger partial charge in [-0.3, -0.25) is 0 Å². The van der Waals surface area contributed by atoms with E-state index >= 15 is 0 Å². The van der Waals surface area contributed by atoms with Gasteiger partial charge in [-0.2, -0.15) is 0 Å². The van der Waals surface area contributed by atoms with Gasteiger partial charge in [0.1, 0.15) is 4.60 Å². The maximum absolute atomic E-state index is 12.5. The van der Waals surface area contributed by atoms with Gasteiger partial charge >= 0.3 is 0 Å². The first-order valence-electron chi connectivity index (χ1n) is 3.73. The van der Waals surface area contributed by atoms with E-state index in [2.05, 4.69) is 20.9 Å². The molecule has 0 saturated heterocycles. The van der Waals surface area contributed by atoms with Crippen molar-refractivity contribution in [2.75, 3.05) is 0 Å². The van der Waals surface area contributed by atoms with E-state index in [4.69, 9.17) is 16.7 Å². The monoisotopic (exact) mass is 285 g/mol. The van der Waals surface area contributed by atoms with Gasteiger partial charge in [0.05, 0.1) is 18.2 Å². The maximum atomic E-state index is 12.5. The number of aromatic nitrogens is 1. The number of alkyl halides is 3. The van der Waals surface area contributed by atoms with Crippen molar-refractivity contribution in [3.8, 4) is 0 Å². The zero-order valence-electron chi connectivity index (χ0n) is 6.98. The van der Waals surface area contributed by atoms with Gasteiger partial charge in [-0.05, 0) is 22.0 Å². The highest BCUT2D eigenvalue weighted by molar-refractivity contribution is 9.10. The normalized spacial score (nSPS) is 11.0. The average Bonchev–Trinajstić information content (AvgIpc) is 2.16. The summed E-state index contributed by atoms with van der Waals surface area (Å²) in [5.74, 6) is -0.0794. The van der Waals surface area contributed by atoms with Crippen LogP contribution in [-0.2, 0) is 12.5 Å². The van der Waals surface area contributed by atoms with Gasteiger partial charge in [0, 0.05) is 11.1 Å². The van der Waals surface area contributed by atoms with Gasteiger partial charge in [0.25, 0.3) is 6.43 Å².